The number of nitrogens with one attached hydrogen (secondary N) is 2. The summed E-state index contributed by atoms with van der Waals surface area (Å²) in [5.74, 6) is -0.979. The largest absolute Gasteiger partial charge is 0.495 e. The normalized spacial score (nSPS) is 12.8. The number of carbonyl (C=O) groups excluding carboxylic acids is 3. The fraction of sp³-hybridized carbons (Fsp3) is 0.286. The standard InChI is InChI=1S/C21H21ClN2O5/c1-12-9-17(18(28-2)10-15(12)22)24-20(26)14-5-3-4-6-16(14)23-19(25)11-29-21(27)13-7-8-13/h3-6,9-10,13H,7-8,11H2,1-2H3,(H,23,25)(H,24,26). The van der Waals surface area contributed by atoms with Crippen molar-refractivity contribution in [1.29, 1.82) is 0 Å². The first-order valence-corrected chi connectivity index (χ1v) is 9.48. The van der Waals surface area contributed by atoms with E-state index in [1.807, 2.05) is 6.92 Å². The number of amides is 2. The quantitative estimate of drug-likeness (QED) is 0.669. The number of esters is 1. The molecule has 1 fully saturated rings. The van der Waals surface area contributed by atoms with Crippen LogP contribution in [0.3, 0.4) is 0 Å². The molecule has 2 N–H and O–H groups in total. The number of halogens is 1. The van der Waals surface area contributed by atoms with Crippen molar-refractivity contribution >= 4 is 40.8 Å². The van der Waals surface area contributed by atoms with E-state index in [-0.39, 0.29) is 17.5 Å². The third-order valence-corrected chi connectivity index (χ3v) is 4.84. The summed E-state index contributed by atoms with van der Waals surface area (Å²) in [7, 11) is 1.48. The maximum absolute atomic E-state index is 12.8. The Kier molecular flexibility index (Phi) is 6.39. The van der Waals surface area contributed by atoms with Crippen LogP contribution in [0.15, 0.2) is 36.4 Å². The topological polar surface area (TPSA) is 93.7 Å². The molecule has 7 nitrogen and oxygen atoms in total. The third kappa shape index (κ3) is 5.26. The first kappa shape index (κ1) is 20.7. The Morgan fingerprint density at radius 2 is 1.83 bits per heavy atom. The van der Waals surface area contributed by atoms with Gasteiger partial charge in [0.05, 0.1) is 30.0 Å². The van der Waals surface area contributed by atoms with Crippen LogP contribution in [0, 0.1) is 12.8 Å². The highest BCUT2D eigenvalue weighted by atomic mass is 35.5. The Morgan fingerprint density at radius 1 is 1.10 bits per heavy atom. The maximum Gasteiger partial charge on any atom is 0.309 e. The Hall–Kier alpha value is -3.06. The smallest absolute Gasteiger partial charge is 0.309 e. The molecule has 2 aromatic carbocycles. The molecule has 3 rings (SSSR count). The predicted octanol–water partition coefficient (Wildman–Crippen LogP) is 3.80. The summed E-state index contributed by atoms with van der Waals surface area (Å²) in [6.45, 7) is 1.42. The molecular weight excluding hydrogens is 396 g/mol. The minimum atomic E-state index is -0.515. The molecular formula is C21H21ClN2O5. The summed E-state index contributed by atoms with van der Waals surface area (Å²) in [6.07, 6.45) is 1.61. The van der Waals surface area contributed by atoms with Gasteiger partial charge in [0.1, 0.15) is 5.75 Å². The summed E-state index contributed by atoms with van der Waals surface area (Å²) >= 11 is 6.10. The van der Waals surface area contributed by atoms with Gasteiger partial charge in [0.2, 0.25) is 0 Å². The van der Waals surface area contributed by atoms with Gasteiger partial charge in [-0.2, -0.15) is 0 Å². The Morgan fingerprint density at radius 3 is 2.52 bits per heavy atom. The minimum absolute atomic E-state index is 0.0846. The van der Waals surface area contributed by atoms with E-state index >= 15 is 0 Å². The van der Waals surface area contributed by atoms with Crippen molar-refractivity contribution in [2.75, 3.05) is 24.4 Å². The van der Waals surface area contributed by atoms with Crippen molar-refractivity contribution in [3.63, 3.8) is 0 Å². The molecule has 0 bridgehead atoms. The van der Waals surface area contributed by atoms with Gasteiger partial charge in [0.15, 0.2) is 6.61 Å². The van der Waals surface area contributed by atoms with Crippen LogP contribution in [0.4, 0.5) is 11.4 Å². The van der Waals surface area contributed by atoms with E-state index < -0.39 is 18.4 Å². The molecule has 1 saturated carbocycles. The number of ether oxygens (including phenoxy) is 2. The molecule has 1 aliphatic rings. The third-order valence-electron chi connectivity index (χ3n) is 4.43. The Balaban J connectivity index is 1.71. The molecule has 2 amide bonds. The molecule has 0 spiro atoms. The summed E-state index contributed by atoms with van der Waals surface area (Å²) in [6, 6.07) is 9.87. The zero-order valence-electron chi connectivity index (χ0n) is 16.1. The van der Waals surface area contributed by atoms with Crippen molar-refractivity contribution in [3.8, 4) is 5.75 Å². The summed E-state index contributed by atoms with van der Waals surface area (Å²) in [5, 5.41) is 5.91. The average Bonchev–Trinajstić information content (AvgIpc) is 3.54. The number of hydrogen-bond acceptors (Lipinski definition) is 5. The summed E-state index contributed by atoms with van der Waals surface area (Å²) < 4.78 is 10.2. The lowest BCUT2D eigenvalue weighted by molar-refractivity contribution is -0.148. The van der Waals surface area contributed by atoms with Crippen LogP contribution >= 0.6 is 11.6 Å². The molecule has 0 unspecified atom stereocenters. The second-order valence-electron chi connectivity index (χ2n) is 6.73. The van der Waals surface area contributed by atoms with Crippen LogP contribution in [0.2, 0.25) is 5.02 Å². The van der Waals surface area contributed by atoms with Crippen molar-refractivity contribution in [2.45, 2.75) is 19.8 Å². The minimum Gasteiger partial charge on any atom is -0.495 e. The van der Waals surface area contributed by atoms with Gasteiger partial charge in [-0.25, -0.2) is 0 Å². The van der Waals surface area contributed by atoms with E-state index in [1.54, 1.807) is 36.4 Å². The number of anilines is 2. The van der Waals surface area contributed by atoms with Gasteiger partial charge in [-0.1, -0.05) is 23.7 Å². The molecule has 0 atom stereocenters. The lowest BCUT2D eigenvalue weighted by atomic mass is 10.1. The number of rotatable bonds is 7. The fourth-order valence-corrected chi connectivity index (χ4v) is 2.82. The van der Waals surface area contributed by atoms with Crippen LogP contribution in [-0.2, 0) is 14.3 Å². The summed E-state index contributed by atoms with van der Waals surface area (Å²) in [5.41, 5.74) is 1.80. The SMILES string of the molecule is COc1cc(Cl)c(C)cc1NC(=O)c1ccccc1NC(=O)COC(=O)C1CC1. The lowest BCUT2D eigenvalue weighted by Gasteiger charge is -2.14. The monoisotopic (exact) mass is 416 g/mol. The molecule has 29 heavy (non-hydrogen) atoms. The molecule has 0 aliphatic heterocycles. The number of para-hydroxylation sites is 1. The van der Waals surface area contributed by atoms with E-state index in [0.717, 1.165) is 18.4 Å². The van der Waals surface area contributed by atoms with E-state index in [4.69, 9.17) is 21.1 Å². The number of aryl methyl sites for hydroxylation is 1. The van der Waals surface area contributed by atoms with Crippen molar-refractivity contribution in [3.05, 3.63) is 52.5 Å². The van der Waals surface area contributed by atoms with Crippen LogP contribution in [0.1, 0.15) is 28.8 Å². The number of carbonyl (C=O) groups is 3. The maximum atomic E-state index is 12.8. The molecule has 0 radical (unpaired) electrons. The summed E-state index contributed by atoms with van der Waals surface area (Å²) in [4.78, 5) is 36.5. The van der Waals surface area contributed by atoms with Gasteiger partial charge >= 0.3 is 5.97 Å². The van der Waals surface area contributed by atoms with Gasteiger partial charge in [0, 0.05) is 11.1 Å². The average molecular weight is 417 g/mol. The van der Waals surface area contributed by atoms with Crippen LogP contribution in [0.5, 0.6) is 5.75 Å². The Bertz CT molecular complexity index is 956. The van der Waals surface area contributed by atoms with Gasteiger partial charge in [-0.05, 0) is 43.5 Å². The van der Waals surface area contributed by atoms with Gasteiger partial charge in [-0.3, -0.25) is 14.4 Å². The number of hydrogen-bond donors (Lipinski definition) is 2. The lowest BCUT2D eigenvalue weighted by Crippen LogP contribution is -2.23. The molecule has 2 aromatic rings. The predicted molar refractivity (Wildman–Crippen MR) is 109 cm³/mol. The molecule has 0 saturated heterocycles. The second kappa shape index (κ2) is 8.96. The van der Waals surface area contributed by atoms with E-state index in [0.29, 0.717) is 22.1 Å². The fourth-order valence-electron chi connectivity index (χ4n) is 2.67. The van der Waals surface area contributed by atoms with Gasteiger partial charge in [-0.15, -0.1) is 0 Å². The van der Waals surface area contributed by atoms with Crippen molar-refractivity contribution < 1.29 is 23.9 Å². The zero-order valence-corrected chi connectivity index (χ0v) is 16.8. The van der Waals surface area contributed by atoms with Crippen LogP contribution in [-0.4, -0.2) is 31.5 Å². The number of methoxy groups -OCH3 is 1. The van der Waals surface area contributed by atoms with Gasteiger partial charge < -0.3 is 20.1 Å². The first-order valence-electron chi connectivity index (χ1n) is 9.10. The Labute approximate surface area is 173 Å². The van der Waals surface area contributed by atoms with Crippen molar-refractivity contribution in [2.24, 2.45) is 5.92 Å². The molecule has 0 heterocycles. The van der Waals surface area contributed by atoms with Gasteiger partial charge in [0.25, 0.3) is 11.8 Å². The number of benzene rings is 2. The van der Waals surface area contributed by atoms with E-state index in [1.165, 1.54) is 7.11 Å². The van der Waals surface area contributed by atoms with E-state index in [2.05, 4.69) is 10.6 Å². The molecule has 1 aliphatic carbocycles. The highest BCUT2D eigenvalue weighted by molar-refractivity contribution is 6.31. The molecule has 152 valence electrons. The highest BCUT2D eigenvalue weighted by Gasteiger charge is 2.31. The first-order chi connectivity index (χ1) is 13.9. The molecule has 0 aromatic heterocycles. The van der Waals surface area contributed by atoms with Crippen molar-refractivity contribution in [1.82, 2.24) is 0 Å². The second-order valence-corrected chi connectivity index (χ2v) is 7.14. The van der Waals surface area contributed by atoms with E-state index in [9.17, 15) is 14.4 Å². The zero-order chi connectivity index (χ0) is 21.0. The van der Waals surface area contributed by atoms with Crippen LogP contribution in [0.25, 0.3) is 0 Å². The molecule has 8 heteroatoms. The highest BCUT2D eigenvalue weighted by Crippen LogP contribution is 2.32. The van der Waals surface area contributed by atoms with Crippen LogP contribution < -0.4 is 15.4 Å².